The number of ketones is 2. The molecule has 0 spiro atoms. The molecule has 3 rings (SSSR count). The molecule has 0 aliphatic carbocycles. The van der Waals surface area contributed by atoms with Crippen LogP contribution in [0.25, 0.3) is 10.9 Å². The molecule has 0 saturated heterocycles. The number of benzene rings is 1. The van der Waals surface area contributed by atoms with Crippen molar-refractivity contribution >= 4 is 63.2 Å². The topological polar surface area (TPSA) is 68.6 Å². The van der Waals surface area contributed by atoms with E-state index in [-0.39, 0.29) is 23.4 Å². The van der Waals surface area contributed by atoms with Gasteiger partial charge in [0, 0.05) is 55.3 Å². The van der Waals surface area contributed by atoms with Gasteiger partial charge in [-0.3, -0.25) is 9.59 Å². The number of carbonyl (C=O) groups excluding carboxylic acids is 3. The summed E-state index contributed by atoms with van der Waals surface area (Å²) >= 11 is 17.5. The molecular formula is C21H19Cl3N2O4. The first-order valence-electron chi connectivity index (χ1n) is 8.97. The lowest BCUT2D eigenvalue weighted by molar-refractivity contribution is -0.136. The van der Waals surface area contributed by atoms with Gasteiger partial charge in [-0.1, -0.05) is 53.0 Å². The minimum Gasteiger partial charge on any atom is -0.466 e. The summed E-state index contributed by atoms with van der Waals surface area (Å²) in [7, 11) is 4.63. The second kappa shape index (κ2) is 8.46. The molecule has 1 atom stereocenters. The Labute approximate surface area is 188 Å². The van der Waals surface area contributed by atoms with Crippen LogP contribution >= 0.6 is 34.8 Å². The van der Waals surface area contributed by atoms with Crippen molar-refractivity contribution in [3.8, 4) is 0 Å². The monoisotopic (exact) mass is 468 g/mol. The normalized spacial score (nSPS) is 16.9. The molecular weight excluding hydrogens is 451 g/mol. The van der Waals surface area contributed by atoms with Crippen LogP contribution < -0.4 is 0 Å². The first-order valence-corrected chi connectivity index (χ1v) is 10.1. The van der Waals surface area contributed by atoms with E-state index in [1.54, 1.807) is 24.7 Å². The van der Waals surface area contributed by atoms with Crippen molar-refractivity contribution in [2.24, 2.45) is 13.0 Å². The van der Waals surface area contributed by atoms with Crippen LogP contribution in [0, 0.1) is 5.92 Å². The van der Waals surface area contributed by atoms with E-state index in [9.17, 15) is 14.4 Å². The Bertz CT molecular complexity index is 1100. The second-order valence-electron chi connectivity index (χ2n) is 6.98. The first-order chi connectivity index (χ1) is 14.0. The molecule has 1 aromatic carbocycles. The Morgan fingerprint density at radius 3 is 2.30 bits per heavy atom. The standard InChI is InChI=1S/C21H19Cl3N2O4/c1-25-10-14(19(28)21(22,23)24)13(15(11-25)20(29)30-3)9-18(27)17-8-12-6-4-5-7-16(12)26(17)2/h4-8,10-11,13H,9H2,1-3H3. The van der Waals surface area contributed by atoms with Gasteiger partial charge < -0.3 is 14.2 Å². The van der Waals surface area contributed by atoms with Crippen molar-refractivity contribution in [1.29, 1.82) is 0 Å². The summed E-state index contributed by atoms with van der Waals surface area (Å²) in [6, 6.07) is 9.34. The Morgan fingerprint density at radius 1 is 1.07 bits per heavy atom. The lowest BCUT2D eigenvalue weighted by Gasteiger charge is -2.29. The van der Waals surface area contributed by atoms with E-state index < -0.39 is 21.5 Å². The maximum Gasteiger partial charge on any atom is 0.335 e. The van der Waals surface area contributed by atoms with Gasteiger partial charge in [0.05, 0.1) is 18.4 Å². The Kier molecular flexibility index (Phi) is 6.32. The number of halogens is 3. The minimum atomic E-state index is -2.23. The van der Waals surface area contributed by atoms with Gasteiger partial charge in [0.2, 0.25) is 5.78 Å². The lowest BCUT2D eigenvalue weighted by Crippen LogP contribution is -2.34. The maximum atomic E-state index is 13.2. The summed E-state index contributed by atoms with van der Waals surface area (Å²) in [6.07, 6.45) is 2.79. The van der Waals surface area contributed by atoms with Crippen LogP contribution in [0.15, 0.2) is 53.9 Å². The molecule has 1 aromatic heterocycles. The highest BCUT2D eigenvalue weighted by Gasteiger charge is 2.41. The van der Waals surface area contributed by atoms with Gasteiger partial charge in [0.15, 0.2) is 5.78 Å². The lowest BCUT2D eigenvalue weighted by atomic mass is 9.83. The largest absolute Gasteiger partial charge is 0.466 e. The molecule has 9 heteroatoms. The van der Waals surface area contributed by atoms with Gasteiger partial charge in [-0.2, -0.15) is 0 Å². The number of carbonyl (C=O) groups is 3. The third kappa shape index (κ3) is 4.26. The Morgan fingerprint density at radius 2 is 1.70 bits per heavy atom. The molecule has 1 unspecified atom stereocenters. The van der Waals surface area contributed by atoms with E-state index in [2.05, 4.69) is 0 Å². The quantitative estimate of drug-likeness (QED) is 0.373. The number of methoxy groups -OCH3 is 1. The number of fused-ring (bicyclic) bond motifs is 1. The molecule has 6 nitrogen and oxygen atoms in total. The number of hydrogen-bond donors (Lipinski definition) is 0. The molecule has 0 saturated carbocycles. The highest BCUT2D eigenvalue weighted by Crippen LogP contribution is 2.38. The number of hydrogen-bond acceptors (Lipinski definition) is 5. The number of rotatable bonds is 5. The maximum absolute atomic E-state index is 13.2. The molecule has 1 aliphatic rings. The van der Waals surface area contributed by atoms with Crippen molar-refractivity contribution in [2.75, 3.05) is 14.2 Å². The number of nitrogens with zero attached hydrogens (tertiary/aromatic N) is 2. The zero-order chi connectivity index (χ0) is 22.2. The van der Waals surface area contributed by atoms with Crippen molar-refractivity contribution in [2.45, 2.75) is 10.2 Å². The van der Waals surface area contributed by atoms with Gasteiger partial charge in [-0.05, 0) is 12.1 Å². The Balaban J connectivity index is 2.03. The van der Waals surface area contributed by atoms with Crippen molar-refractivity contribution < 1.29 is 19.1 Å². The van der Waals surface area contributed by atoms with Crippen LogP contribution in [-0.4, -0.2) is 45.0 Å². The molecule has 30 heavy (non-hydrogen) atoms. The fourth-order valence-corrected chi connectivity index (χ4v) is 3.91. The van der Waals surface area contributed by atoms with Crippen molar-refractivity contribution in [1.82, 2.24) is 9.47 Å². The number of alkyl halides is 3. The van der Waals surface area contributed by atoms with Crippen LogP contribution in [0.3, 0.4) is 0 Å². The van der Waals surface area contributed by atoms with Crippen LogP contribution in [0.4, 0.5) is 0 Å². The predicted octanol–water partition coefficient (Wildman–Crippen LogP) is 4.19. The van der Waals surface area contributed by atoms with Crippen LogP contribution in [0.5, 0.6) is 0 Å². The fraction of sp³-hybridized carbons (Fsp3) is 0.286. The molecule has 158 valence electrons. The highest BCUT2D eigenvalue weighted by molar-refractivity contribution is 6.77. The van der Waals surface area contributed by atoms with Crippen LogP contribution in [0.1, 0.15) is 16.9 Å². The molecule has 2 aromatic rings. The van der Waals surface area contributed by atoms with E-state index >= 15 is 0 Å². The Hall–Kier alpha value is -2.28. The molecule has 2 heterocycles. The molecule has 0 amide bonds. The van der Waals surface area contributed by atoms with Gasteiger partial charge in [-0.15, -0.1) is 0 Å². The number of para-hydroxylation sites is 1. The number of aryl methyl sites for hydroxylation is 1. The summed E-state index contributed by atoms with van der Waals surface area (Å²) in [5, 5.41) is 0.906. The third-order valence-corrected chi connectivity index (χ3v) is 5.52. The summed E-state index contributed by atoms with van der Waals surface area (Å²) in [4.78, 5) is 39.9. The van der Waals surface area contributed by atoms with Gasteiger partial charge in [-0.25, -0.2) is 4.79 Å². The molecule has 1 aliphatic heterocycles. The van der Waals surface area contributed by atoms with Gasteiger partial charge >= 0.3 is 5.97 Å². The molecule has 0 fully saturated rings. The number of Topliss-reactive ketones (excluding diaryl/α,β-unsaturated/α-hetero) is 2. The summed E-state index contributed by atoms with van der Waals surface area (Å²) < 4.78 is 4.40. The van der Waals surface area contributed by atoms with Gasteiger partial charge in [0.1, 0.15) is 0 Å². The number of ether oxygens (including phenoxy) is 1. The molecule has 0 N–H and O–H groups in total. The summed E-state index contributed by atoms with van der Waals surface area (Å²) in [5.74, 6) is -2.65. The number of aromatic nitrogens is 1. The summed E-state index contributed by atoms with van der Waals surface area (Å²) in [5.41, 5.74) is 1.51. The van der Waals surface area contributed by atoms with Crippen molar-refractivity contribution in [3.05, 3.63) is 59.6 Å². The van der Waals surface area contributed by atoms with Crippen LogP contribution in [0.2, 0.25) is 0 Å². The zero-order valence-electron chi connectivity index (χ0n) is 16.5. The highest BCUT2D eigenvalue weighted by atomic mass is 35.6. The average molecular weight is 470 g/mol. The first kappa shape index (κ1) is 22.4. The van der Waals surface area contributed by atoms with E-state index in [1.165, 1.54) is 24.4 Å². The van der Waals surface area contributed by atoms with E-state index in [0.29, 0.717) is 5.69 Å². The van der Waals surface area contributed by atoms with E-state index in [4.69, 9.17) is 39.5 Å². The van der Waals surface area contributed by atoms with Gasteiger partial charge in [0.25, 0.3) is 3.79 Å². The number of allylic oxidation sites excluding steroid dienone is 1. The van der Waals surface area contributed by atoms with E-state index in [0.717, 1.165) is 10.9 Å². The van der Waals surface area contributed by atoms with Crippen LogP contribution in [-0.2, 0) is 21.4 Å². The number of esters is 1. The average Bonchev–Trinajstić information content (AvgIpc) is 3.04. The minimum absolute atomic E-state index is 0.0486. The summed E-state index contributed by atoms with van der Waals surface area (Å²) in [6.45, 7) is 0. The van der Waals surface area contributed by atoms with Crippen molar-refractivity contribution in [3.63, 3.8) is 0 Å². The zero-order valence-corrected chi connectivity index (χ0v) is 18.8. The SMILES string of the molecule is COC(=O)C1=CN(C)C=C(C(=O)C(Cl)(Cl)Cl)C1CC(=O)c1cc2ccccc2n1C. The second-order valence-corrected chi connectivity index (χ2v) is 9.26. The molecule has 0 bridgehead atoms. The smallest absolute Gasteiger partial charge is 0.335 e. The molecule has 0 radical (unpaired) electrons. The predicted molar refractivity (Wildman–Crippen MR) is 117 cm³/mol. The fourth-order valence-electron chi connectivity index (χ4n) is 3.58. The van der Waals surface area contributed by atoms with E-state index in [1.807, 2.05) is 24.3 Å². The third-order valence-electron chi connectivity index (χ3n) is 5.00.